The average molecular weight is 703 g/mol. The molecule has 9 aromatic carbocycles. The van der Waals surface area contributed by atoms with E-state index in [1.54, 1.807) is 0 Å². The van der Waals surface area contributed by atoms with Gasteiger partial charge in [0.25, 0.3) is 0 Å². The first kappa shape index (κ1) is 30.1. The van der Waals surface area contributed by atoms with Crippen LogP contribution in [0.4, 0.5) is 0 Å². The summed E-state index contributed by atoms with van der Waals surface area (Å²) in [5, 5.41) is 10.1. The maximum Gasteiger partial charge on any atom is 0.178 e. The molecule has 12 rings (SSSR count). The lowest BCUT2D eigenvalue weighted by molar-refractivity contribution is 0.612. The fourth-order valence-electron chi connectivity index (χ4n) is 9.02. The van der Waals surface area contributed by atoms with Crippen LogP contribution in [0, 0.1) is 0 Å². The summed E-state index contributed by atoms with van der Waals surface area (Å²) in [6.45, 7) is 0. The van der Waals surface area contributed by atoms with Crippen LogP contribution in [0.15, 0.2) is 195 Å². The van der Waals surface area contributed by atoms with E-state index in [9.17, 15) is 0 Å². The summed E-state index contributed by atoms with van der Waals surface area (Å²) < 4.78 is 20.1. The fraction of sp³-hybridized carbons (Fsp3) is 0. The lowest BCUT2D eigenvalue weighted by Crippen LogP contribution is -1.91. The highest BCUT2D eigenvalue weighted by molar-refractivity contribution is 6.29. The number of hydrogen-bond acceptors (Lipinski definition) is 3. The van der Waals surface area contributed by atoms with Gasteiger partial charge in [-0.2, -0.15) is 0 Å². The zero-order chi connectivity index (χ0) is 36.0. The molecule has 3 nitrogen and oxygen atoms in total. The van der Waals surface area contributed by atoms with Crippen LogP contribution in [0.1, 0.15) is 0 Å². The van der Waals surface area contributed by atoms with Crippen molar-refractivity contribution < 1.29 is 13.3 Å². The van der Waals surface area contributed by atoms with Crippen molar-refractivity contribution in [3.05, 3.63) is 182 Å². The van der Waals surface area contributed by atoms with E-state index in [0.717, 1.165) is 88.4 Å². The van der Waals surface area contributed by atoms with E-state index >= 15 is 0 Å². The van der Waals surface area contributed by atoms with Crippen molar-refractivity contribution in [3.8, 4) is 44.7 Å². The minimum atomic E-state index is 0.753. The molecular weight excluding hydrogens is 673 g/mol. The van der Waals surface area contributed by atoms with E-state index in [2.05, 4.69) is 164 Å². The predicted octanol–water partition coefficient (Wildman–Crippen LogP) is 15.2. The zero-order valence-corrected chi connectivity index (χ0v) is 29.5. The van der Waals surface area contributed by atoms with E-state index in [4.69, 9.17) is 13.3 Å². The van der Waals surface area contributed by atoms with Gasteiger partial charge < -0.3 is 13.3 Å². The summed E-state index contributed by atoms with van der Waals surface area (Å²) >= 11 is 0. The number of para-hydroxylation sites is 1. The Morgan fingerprint density at radius 3 is 1.33 bits per heavy atom. The summed E-state index contributed by atoms with van der Waals surface area (Å²) in [5.41, 5.74) is 12.0. The Labute approximate surface area is 315 Å². The quantitative estimate of drug-likeness (QED) is 0.171. The number of benzene rings is 9. The van der Waals surface area contributed by atoms with Gasteiger partial charge in [0.15, 0.2) is 11.2 Å². The molecule has 0 amide bonds. The van der Waals surface area contributed by atoms with E-state index in [1.807, 2.05) is 18.2 Å². The molecule has 0 atom stereocenters. The number of hydrogen-bond donors (Lipinski definition) is 0. The Bertz CT molecular complexity index is 3420. The second-order valence-electron chi connectivity index (χ2n) is 14.3. The van der Waals surface area contributed by atoms with Crippen LogP contribution in [0.5, 0.6) is 0 Å². The van der Waals surface area contributed by atoms with Gasteiger partial charge >= 0.3 is 0 Å². The van der Waals surface area contributed by atoms with Gasteiger partial charge in [0, 0.05) is 38.1 Å². The van der Waals surface area contributed by atoms with Gasteiger partial charge in [-0.15, -0.1) is 0 Å². The molecule has 0 N–H and O–H groups in total. The molecule has 0 unspecified atom stereocenters. The SMILES string of the molecule is c1ccc(-c2oc3c(ccc4c3oc3cccc(-c5c6ccccc6c(-c6cccc7oc8ccccc8c67)c6ccccc56)c34)c2-c2ccccc2)cc1. The number of furan rings is 3. The molecule has 0 spiro atoms. The highest BCUT2D eigenvalue weighted by Gasteiger charge is 2.25. The molecule has 3 heteroatoms. The predicted molar refractivity (Wildman–Crippen MR) is 228 cm³/mol. The lowest BCUT2D eigenvalue weighted by Gasteiger charge is -2.18. The molecule has 0 fully saturated rings. The molecule has 0 aliphatic heterocycles. The van der Waals surface area contributed by atoms with Gasteiger partial charge in [0.2, 0.25) is 0 Å². The van der Waals surface area contributed by atoms with E-state index in [-0.39, 0.29) is 0 Å². The second-order valence-corrected chi connectivity index (χ2v) is 14.3. The van der Waals surface area contributed by atoms with Crippen LogP contribution < -0.4 is 0 Å². The first-order valence-corrected chi connectivity index (χ1v) is 18.7. The molecule has 12 aromatic rings. The van der Waals surface area contributed by atoms with Crippen molar-refractivity contribution in [2.75, 3.05) is 0 Å². The van der Waals surface area contributed by atoms with E-state index in [0.29, 0.717) is 0 Å². The molecule has 0 bridgehead atoms. The van der Waals surface area contributed by atoms with Crippen molar-refractivity contribution in [2.24, 2.45) is 0 Å². The third-order valence-electron chi connectivity index (χ3n) is 11.3. The van der Waals surface area contributed by atoms with E-state index in [1.165, 1.54) is 32.7 Å². The molecule has 0 saturated heterocycles. The van der Waals surface area contributed by atoms with Crippen molar-refractivity contribution in [1.82, 2.24) is 0 Å². The summed E-state index contributed by atoms with van der Waals surface area (Å²) in [6, 6.07) is 64.1. The highest BCUT2D eigenvalue weighted by Crippen LogP contribution is 2.50. The first-order chi connectivity index (χ1) is 27.3. The van der Waals surface area contributed by atoms with Crippen LogP contribution in [0.25, 0.3) is 121 Å². The van der Waals surface area contributed by atoms with Crippen molar-refractivity contribution in [3.63, 3.8) is 0 Å². The number of rotatable bonds is 4. The monoisotopic (exact) mass is 702 g/mol. The summed E-state index contributed by atoms with van der Waals surface area (Å²) in [6.07, 6.45) is 0. The van der Waals surface area contributed by atoms with Crippen molar-refractivity contribution in [2.45, 2.75) is 0 Å². The van der Waals surface area contributed by atoms with E-state index < -0.39 is 0 Å². The molecular formula is C52H30O3. The highest BCUT2D eigenvalue weighted by atomic mass is 16.4. The summed E-state index contributed by atoms with van der Waals surface area (Å²) in [4.78, 5) is 0. The van der Waals surface area contributed by atoms with Crippen LogP contribution in [-0.4, -0.2) is 0 Å². The minimum Gasteiger partial charge on any atom is -0.456 e. The van der Waals surface area contributed by atoms with Crippen LogP contribution >= 0.6 is 0 Å². The third-order valence-corrected chi connectivity index (χ3v) is 11.3. The van der Waals surface area contributed by atoms with Gasteiger partial charge in [0.1, 0.15) is 22.5 Å². The summed E-state index contributed by atoms with van der Waals surface area (Å²) in [5.74, 6) is 0.836. The summed E-state index contributed by atoms with van der Waals surface area (Å²) in [7, 11) is 0. The lowest BCUT2D eigenvalue weighted by atomic mass is 9.84. The molecule has 0 aliphatic rings. The second kappa shape index (κ2) is 11.6. The van der Waals surface area contributed by atoms with Crippen LogP contribution in [0.3, 0.4) is 0 Å². The minimum absolute atomic E-state index is 0.753. The number of fused-ring (bicyclic) bond motifs is 10. The van der Waals surface area contributed by atoms with Gasteiger partial charge in [-0.1, -0.05) is 152 Å². The normalized spacial score (nSPS) is 12.0. The topological polar surface area (TPSA) is 39.4 Å². The van der Waals surface area contributed by atoms with Crippen molar-refractivity contribution in [1.29, 1.82) is 0 Å². The standard InChI is InChI=1S/C52H30O3/c1-3-15-31(16-4-1)45-40-29-30-41-49-39(25-14-28-44(49)54-51(41)52(40)55-50(45)32-17-5-2-6-18-32)47-35-21-9-7-19-33(35)46(34-20-8-10-22-36(34)47)38-24-13-27-43-48(38)37-23-11-12-26-42(37)53-43/h1-30H. The zero-order valence-electron chi connectivity index (χ0n) is 29.5. The maximum atomic E-state index is 6.89. The van der Waals surface area contributed by atoms with Crippen molar-refractivity contribution >= 4 is 76.4 Å². The van der Waals surface area contributed by atoms with Crippen LogP contribution in [0.2, 0.25) is 0 Å². The van der Waals surface area contributed by atoms with Gasteiger partial charge in [-0.05, 0) is 79.7 Å². The molecule has 3 heterocycles. The molecule has 3 aromatic heterocycles. The fourth-order valence-corrected chi connectivity index (χ4v) is 9.02. The maximum absolute atomic E-state index is 6.89. The van der Waals surface area contributed by atoms with Gasteiger partial charge in [0.05, 0.1) is 0 Å². The largest absolute Gasteiger partial charge is 0.456 e. The first-order valence-electron chi connectivity index (χ1n) is 18.7. The Morgan fingerprint density at radius 1 is 0.255 bits per heavy atom. The molecule has 256 valence electrons. The van der Waals surface area contributed by atoms with Gasteiger partial charge in [-0.3, -0.25) is 0 Å². The third kappa shape index (κ3) is 4.32. The molecule has 55 heavy (non-hydrogen) atoms. The Balaban J connectivity index is 1.17. The molecule has 0 aliphatic carbocycles. The Morgan fingerprint density at radius 2 is 0.709 bits per heavy atom. The smallest absolute Gasteiger partial charge is 0.178 e. The average Bonchev–Trinajstić information content (AvgIpc) is 3.95. The van der Waals surface area contributed by atoms with Crippen LogP contribution in [-0.2, 0) is 0 Å². The Kier molecular flexibility index (Phi) is 6.34. The van der Waals surface area contributed by atoms with Gasteiger partial charge in [-0.25, -0.2) is 0 Å². The molecule has 0 saturated carbocycles. The molecule has 0 radical (unpaired) electrons. The Hall–Kier alpha value is -7.36.